The van der Waals surface area contributed by atoms with Crippen molar-refractivity contribution in [3.8, 4) is 16.9 Å². The molecular weight excluding hydrogens is 424 g/mol. The molecule has 0 aromatic heterocycles. The Balaban J connectivity index is 1.80. The van der Waals surface area contributed by atoms with E-state index in [0.29, 0.717) is 17.9 Å². The molecule has 0 fully saturated rings. The van der Waals surface area contributed by atoms with Gasteiger partial charge < -0.3 is 9.47 Å². The Kier molecular flexibility index (Phi) is 12.2. The fourth-order valence-electron chi connectivity index (χ4n) is 3.60. The molecule has 34 heavy (non-hydrogen) atoms. The number of allylic oxidation sites excluding steroid dienone is 1. The van der Waals surface area contributed by atoms with Crippen LogP contribution in [0, 0.1) is 5.92 Å². The van der Waals surface area contributed by atoms with Crippen LogP contribution in [0.15, 0.2) is 60.2 Å². The molecule has 0 saturated heterocycles. The summed E-state index contributed by atoms with van der Waals surface area (Å²) in [4.78, 5) is 24.6. The van der Waals surface area contributed by atoms with Crippen molar-refractivity contribution in [2.24, 2.45) is 5.92 Å². The Morgan fingerprint density at radius 1 is 0.853 bits per heavy atom. The topological polar surface area (TPSA) is 52.6 Å². The number of carbonyl (C=O) groups excluding carboxylic acids is 2. The first-order chi connectivity index (χ1) is 16.4. The molecule has 1 atom stereocenters. The van der Waals surface area contributed by atoms with E-state index in [1.165, 1.54) is 38.5 Å². The minimum Gasteiger partial charge on any atom is -0.458 e. The van der Waals surface area contributed by atoms with Crippen molar-refractivity contribution in [1.29, 1.82) is 0 Å². The van der Waals surface area contributed by atoms with E-state index in [4.69, 9.17) is 9.47 Å². The maximum Gasteiger partial charge on any atom is 0.338 e. The average molecular weight is 465 g/mol. The molecule has 2 rings (SSSR count). The highest BCUT2D eigenvalue weighted by Crippen LogP contribution is 2.24. The fourth-order valence-corrected chi connectivity index (χ4v) is 3.60. The van der Waals surface area contributed by atoms with Crippen molar-refractivity contribution in [3.63, 3.8) is 0 Å². The van der Waals surface area contributed by atoms with Gasteiger partial charge in [-0.05, 0) is 61.2 Å². The van der Waals surface area contributed by atoms with Crippen LogP contribution in [0.1, 0.15) is 89.4 Å². The molecule has 1 unspecified atom stereocenters. The largest absolute Gasteiger partial charge is 0.458 e. The summed E-state index contributed by atoms with van der Waals surface area (Å²) in [6.07, 6.45) is 11.5. The number of hydrogen-bond acceptors (Lipinski definition) is 4. The third-order valence-corrected chi connectivity index (χ3v) is 6.09. The lowest BCUT2D eigenvalue weighted by Crippen LogP contribution is -2.17. The number of esters is 2. The van der Waals surface area contributed by atoms with E-state index in [1.54, 1.807) is 12.1 Å². The molecule has 184 valence electrons. The van der Waals surface area contributed by atoms with Gasteiger partial charge in [-0.1, -0.05) is 89.1 Å². The Bertz CT molecular complexity index is 910. The molecule has 0 aliphatic heterocycles. The molecule has 0 saturated carbocycles. The lowest BCUT2D eigenvalue weighted by Gasteiger charge is -2.12. The first-order valence-electron chi connectivity index (χ1n) is 12.7. The van der Waals surface area contributed by atoms with Crippen molar-refractivity contribution in [2.45, 2.75) is 79.1 Å². The molecule has 0 amide bonds. The van der Waals surface area contributed by atoms with Gasteiger partial charge >= 0.3 is 11.9 Å². The second kappa shape index (κ2) is 15.1. The lowest BCUT2D eigenvalue weighted by molar-refractivity contribution is -0.138. The summed E-state index contributed by atoms with van der Waals surface area (Å²) in [5.74, 6) is -0.0469. The van der Waals surface area contributed by atoms with Crippen LogP contribution in [0.2, 0.25) is 0 Å². The van der Waals surface area contributed by atoms with Crippen LogP contribution in [0.5, 0.6) is 5.75 Å². The van der Waals surface area contributed by atoms with Gasteiger partial charge in [0, 0.05) is 0 Å². The summed E-state index contributed by atoms with van der Waals surface area (Å²) in [5, 5.41) is 0. The molecule has 2 aromatic rings. The van der Waals surface area contributed by atoms with Crippen LogP contribution in [-0.2, 0) is 9.53 Å². The molecular formula is C30H40O4. The van der Waals surface area contributed by atoms with Gasteiger partial charge in [0.1, 0.15) is 12.4 Å². The zero-order valence-electron chi connectivity index (χ0n) is 21.3. The van der Waals surface area contributed by atoms with E-state index in [1.807, 2.05) is 63.2 Å². The SMILES string of the molecule is CC=C(C)COC(=O)c1ccc(-c2ccc(OC(=O)C(C)CCCCCCCCC)cc2)cc1. The number of hydrogen-bond donors (Lipinski definition) is 0. The van der Waals surface area contributed by atoms with Crippen molar-refractivity contribution in [3.05, 3.63) is 65.7 Å². The number of rotatable bonds is 14. The average Bonchev–Trinajstić information content (AvgIpc) is 2.86. The maximum absolute atomic E-state index is 12.4. The van der Waals surface area contributed by atoms with Gasteiger partial charge in [0.2, 0.25) is 0 Å². The van der Waals surface area contributed by atoms with E-state index in [-0.39, 0.29) is 17.9 Å². The van der Waals surface area contributed by atoms with E-state index < -0.39 is 0 Å². The molecule has 2 aromatic carbocycles. The van der Waals surface area contributed by atoms with Crippen LogP contribution in [0.3, 0.4) is 0 Å². The highest BCUT2D eigenvalue weighted by Gasteiger charge is 2.15. The third-order valence-electron chi connectivity index (χ3n) is 6.09. The molecule has 4 heteroatoms. The van der Waals surface area contributed by atoms with Gasteiger partial charge in [0.25, 0.3) is 0 Å². The Morgan fingerprint density at radius 3 is 2.00 bits per heavy atom. The van der Waals surface area contributed by atoms with Gasteiger partial charge in [-0.25, -0.2) is 4.79 Å². The van der Waals surface area contributed by atoms with Gasteiger partial charge in [0.15, 0.2) is 0 Å². The summed E-state index contributed by atoms with van der Waals surface area (Å²) >= 11 is 0. The standard InChI is InChI=1S/C30H40O4/c1-5-7-8-9-10-11-12-13-24(4)29(31)34-28-20-18-26(19-21-28)25-14-16-27(17-15-25)30(32)33-22-23(3)6-2/h6,14-21,24H,5,7-13,22H2,1-4H3. The molecule has 0 N–H and O–H groups in total. The van der Waals surface area contributed by atoms with Gasteiger partial charge in [-0.2, -0.15) is 0 Å². The molecule has 0 aliphatic carbocycles. The quantitative estimate of drug-likeness (QED) is 0.122. The number of unbranched alkanes of at least 4 members (excludes halogenated alkanes) is 6. The van der Waals surface area contributed by atoms with Crippen LogP contribution < -0.4 is 4.74 Å². The van der Waals surface area contributed by atoms with E-state index in [0.717, 1.165) is 29.5 Å². The second-order valence-corrected chi connectivity index (χ2v) is 9.05. The molecule has 0 radical (unpaired) electrons. The summed E-state index contributed by atoms with van der Waals surface area (Å²) < 4.78 is 10.9. The van der Waals surface area contributed by atoms with Gasteiger partial charge in [0.05, 0.1) is 11.5 Å². The molecule has 0 heterocycles. The Hall–Kier alpha value is -2.88. The predicted molar refractivity (Wildman–Crippen MR) is 139 cm³/mol. The summed E-state index contributed by atoms with van der Waals surface area (Å²) in [7, 11) is 0. The first kappa shape index (κ1) is 27.4. The van der Waals surface area contributed by atoms with Gasteiger partial charge in [-0.3, -0.25) is 4.79 Å². The zero-order valence-corrected chi connectivity index (χ0v) is 21.3. The molecule has 4 nitrogen and oxygen atoms in total. The van der Waals surface area contributed by atoms with Crippen LogP contribution in [-0.4, -0.2) is 18.5 Å². The van der Waals surface area contributed by atoms with Crippen molar-refractivity contribution in [1.82, 2.24) is 0 Å². The molecule has 0 aliphatic rings. The van der Waals surface area contributed by atoms with E-state index in [9.17, 15) is 9.59 Å². The van der Waals surface area contributed by atoms with E-state index >= 15 is 0 Å². The number of ether oxygens (including phenoxy) is 2. The normalized spacial score (nSPS) is 12.3. The van der Waals surface area contributed by atoms with Crippen molar-refractivity contribution < 1.29 is 19.1 Å². The second-order valence-electron chi connectivity index (χ2n) is 9.05. The fraction of sp³-hybridized carbons (Fsp3) is 0.467. The van der Waals surface area contributed by atoms with Crippen LogP contribution in [0.25, 0.3) is 11.1 Å². The van der Waals surface area contributed by atoms with Crippen LogP contribution >= 0.6 is 0 Å². The highest BCUT2D eigenvalue weighted by molar-refractivity contribution is 5.90. The van der Waals surface area contributed by atoms with Crippen molar-refractivity contribution in [2.75, 3.05) is 6.61 Å². The van der Waals surface area contributed by atoms with Crippen molar-refractivity contribution >= 4 is 11.9 Å². The third kappa shape index (κ3) is 9.54. The minimum atomic E-state index is -0.333. The first-order valence-corrected chi connectivity index (χ1v) is 12.7. The Morgan fingerprint density at radius 2 is 1.41 bits per heavy atom. The summed E-state index contributed by atoms with van der Waals surface area (Å²) in [6.45, 7) is 8.32. The monoisotopic (exact) mass is 464 g/mol. The minimum absolute atomic E-state index is 0.0979. The van der Waals surface area contributed by atoms with E-state index in [2.05, 4.69) is 6.92 Å². The zero-order chi connectivity index (χ0) is 24.8. The Labute approximate surface area is 205 Å². The smallest absolute Gasteiger partial charge is 0.338 e. The highest BCUT2D eigenvalue weighted by atomic mass is 16.5. The molecule has 0 spiro atoms. The molecule has 0 bridgehead atoms. The maximum atomic E-state index is 12.4. The predicted octanol–water partition coefficient (Wildman–Crippen LogP) is 8.16. The summed E-state index contributed by atoms with van der Waals surface area (Å²) in [5.41, 5.74) is 3.50. The summed E-state index contributed by atoms with van der Waals surface area (Å²) in [6, 6.07) is 14.8. The lowest BCUT2D eigenvalue weighted by atomic mass is 10.0. The van der Waals surface area contributed by atoms with Gasteiger partial charge in [-0.15, -0.1) is 0 Å². The number of benzene rings is 2. The van der Waals surface area contributed by atoms with Crippen LogP contribution in [0.4, 0.5) is 0 Å². The number of carbonyl (C=O) groups is 2.